The molecule has 0 bridgehead atoms. The van der Waals surface area contributed by atoms with E-state index < -0.39 is 11.6 Å². The van der Waals surface area contributed by atoms with E-state index in [-0.39, 0.29) is 23.5 Å². The number of halogens is 2. The molecule has 1 aromatic carbocycles. The molecular weight excluding hydrogens is 388 g/mol. The Kier molecular flexibility index (Phi) is 5.56. The second kappa shape index (κ2) is 8.14. The number of pyridine rings is 1. The predicted octanol–water partition coefficient (Wildman–Crippen LogP) is 4.62. The van der Waals surface area contributed by atoms with E-state index in [4.69, 9.17) is 4.74 Å². The van der Waals surface area contributed by atoms with Crippen LogP contribution in [0.15, 0.2) is 30.3 Å². The van der Waals surface area contributed by atoms with E-state index in [0.29, 0.717) is 34.6 Å². The van der Waals surface area contributed by atoms with Gasteiger partial charge in [-0.3, -0.25) is 4.79 Å². The van der Waals surface area contributed by atoms with E-state index >= 15 is 0 Å². The molecule has 0 aliphatic carbocycles. The first-order valence-electron chi connectivity index (χ1n) is 10.2. The Labute approximate surface area is 174 Å². The lowest BCUT2D eigenvalue weighted by molar-refractivity contribution is 0.0856. The van der Waals surface area contributed by atoms with Crippen molar-refractivity contribution in [2.24, 2.45) is 0 Å². The van der Waals surface area contributed by atoms with E-state index in [9.17, 15) is 13.6 Å². The summed E-state index contributed by atoms with van der Waals surface area (Å²) in [5.41, 5.74) is 2.56. The highest BCUT2D eigenvalue weighted by Crippen LogP contribution is 2.34. The van der Waals surface area contributed by atoms with E-state index in [1.165, 1.54) is 18.2 Å². The van der Waals surface area contributed by atoms with Gasteiger partial charge >= 0.3 is 0 Å². The molecule has 30 heavy (non-hydrogen) atoms. The predicted molar refractivity (Wildman–Crippen MR) is 111 cm³/mol. The Hall–Kier alpha value is -2.80. The molecule has 0 unspecified atom stereocenters. The van der Waals surface area contributed by atoms with Gasteiger partial charge < -0.3 is 10.1 Å². The molecule has 1 fully saturated rings. The summed E-state index contributed by atoms with van der Waals surface area (Å²) in [5.74, 6) is -1.52. The van der Waals surface area contributed by atoms with Crippen molar-refractivity contribution in [3.05, 3.63) is 58.9 Å². The fourth-order valence-corrected chi connectivity index (χ4v) is 4.14. The van der Waals surface area contributed by atoms with Crippen LogP contribution in [0.2, 0.25) is 0 Å². The second-order valence-corrected chi connectivity index (χ2v) is 7.99. The van der Waals surface area contributed by atoms with Gasteiger partial charge in [0.05, 0.1) is 34.1 Å². The van der Waals surface area contributed by atoms with Crippen molar-refractivity contribution in [1.29, 1.82) is 0 Å². The van der Waals surface area contributed by atoms with E-state index in [0.717, 1.165) is 19.4 Å². The van der Waals surface area contributed by atoms with Crippen molar-refractivity contribution in [2.75, 3.05) is 13.2 Å². The fourth-order valence-electron chi connectivity index (χ4n) is 4.14. The maximum Gasteiger partial charge on any atom is 0.253 e. The Bertz CT molecular complexity index is 1080. The van der Waals surface area contributed by atoms with Crippen molar-refractivity contribution >= 4 is 11.4 Å². The summed E-state index contributed by atoms with van der Waals surface area (Å²) in [4.78, 5) is 12.9. The zero-order valence-electron chi connectivity index (χ0n) is 17.3. The Balaban J connectivity index is 1.79. The van der Waals surface area contributed by atoms with Crippen LogP contribution in [0.25, 0.3) is 16.6 Å². The third-order valence-corrected chi connectivity index (χ3v) is 5.53. The molecule has 1 atom stereocenters. The van der Waals surface area contributed by atoms with Crippen LogP contribution in [-0.4, -0.2) is 34.8 Å². The van der Waals surface area contributed by atoms with Crippen LogP contribution in [0, 0.1) is 18.6 Å². The number of nitrogens with zero attached hydrogens (tertiary/aromatic N) is 2. The maximum atomic E-state index is 14.5. The number of amides is 1. The molecule has 7 heteroatoms. The summed E-state index contributed by atoms with van der Waals surface area (Å²) in [5, 5.41) is 7.50. The van der Waals surface area contributed by atoms with E-state index in [2.05, 4.69) is 10.4 Å². The number of carbonyl (C=O) groups excluding carboxylic acids is 1. The van der Waals surface area contributed by atoms with E-state index in [1.807, 2.05) is 13.8 Å². The normalized spacial score (nSPS) is 16.5. The Morgan fingerprint density at radius 1 is 1.23 bits per heavy atom. The van der Waals surface area contributed by atoms with Crippen molar-refractivity contribution in [3.8, 4) is 11.1 Å². The highest BCUT2D eigenvalue weighted by atomic mass is 19.1. The molecule has 5 nitrogen and oxygen atoms in total. The Morgan fingerprint density at radius 2 is 1.97 bits per heavy atom. The first kappa shape index (κ1) is 20.5. The lowest BCUT2D eigenvalue weighted by atomic mass is 9.99. The van der Waals surface area contributed by atoms with Crippen LogP contribution < -0.4 is 5.32 Å². The molecule has 1 amide bonds. The smallest absolute Gasteiger partial charge is 0.253 e. The highest BCUT2D eigenvalue weighted by molar-refractivity contribution is 5.96. The third kappa shape index (κ3) is 3.58. The average Bonchev–Trinajstić information content (AvgIpc) is 3.33. The molecule has 3 aromatic rings. The van der Waals surface area contributed by atoms with Gasteiger partial charge in [-0.15, -0.1) is 0 Å². The summed E-state index contributed by atoms with van der Waals surface area (Å²) in [6, 6.07) is 7.22. The number of fused-ring (bicyclic) bond motifs is 1. The number of hydrogen-bond acceptors (Lipinski definition) is 3. The molecular formula is C23H25F2N3O2. The molecule has 0 spiro atoms. The number of hydrogen-bond donors (Lipinski definition) is 1. The molecule has 1 saturated heterocycles. The van der Waals surface area contributed by atoms with E-state index in [1.54, 1.807) is 23.6 Å². The first-order chi connectivity index (χ1) is 14.4. The number of nitrogens with one attached hydrogen (secondary N) is 1. The SMILES string of the molecule is Cc1nn2c(C(C)C)c(C(=O)NC[C@@H]3CCCO3)ccc2c1-c1c(F)cccc1F. The minimum Gasteiger partial charge on any atom is -0.376 e. The number of benzene rings is 1. The molecule has 1 aliphatic heterocycles. The Morgan fingerprint density at radius 3 is 2.60 bits per heavy atom. The quantitative estimate of drug-likeness (QED) is 0.664. The van der Waals surface area contributed by atoms with Crippen LogP contribution in [-0.2, 0) is 4.74 Å². The number of aromatic nitrogens is 2. The van der Waals surface area contributed by atoms with Gasteiger partial charge in [-0.1, -0.05) is 19.9 Å². The topological polar surface area (TPSA) is 55.6 Å². The minimum absolute atomic E-state index is 0.0326. The first-order valence-corrected chi connectivity index (χ1v) is 10.2. The van der Waals surface area contributed by atoms with Gasteiger partial charge in [0.2, 0.25) is 0 Å². The van der Waals surface area contributed by atoms with Crippen LogP contribution in [0.4, 0.5) is 8.78 Å². The molecule has 1 N–H and O–H groups in total. The summed E-state index contributed by atoms with van der Waals surface area (Å²) in [6.07, 6.45) is 1.99. The zero-order valence-corrected chi connectivity index (χ0v) is 17.3. The molecule has 0 saturated carbocycles. The highest BCUT2D eigenvalue weighted by Gasteiger charge is 2.25. The van der Waals surface area contributed by atoms with Gasteiger partial charge in [-0.2, -0.15) is 5.10 Å². The van der Waals surface area contributed by atoms with Crippen LogP contribution in [0.1, 0.15) is 54.4 Å². The zero-order chi connectivity index (χ0) is 21.4. The second-order valence-electron chi connectivity index (χ2n) is 7.99. The molecule has 0 radical (unpaired) electrons. The van der Waals surface area contributed by atoms with Gasteiger partial charge in [-0.25, -0.2) is 13.3 Å². The van der Waals surface area contributed by atoms with Gasteiger partial charge in [0.25, 0.3) is 5.91 Å². The van der Waals surface area contributed by atoms with Gasteiger partial charge in [-0.05, 0) is 49.9 Å². The largest absolute Gasteiger partial charge is 0.376 e. The third-order valence-electron chi connectivity index (χ3n) is 5.53. The van der Waals surface area contributed by atoms with Gasteiger partial charge in [0, 0.05) is 18.7 Å². The van der Waals surface area contributed by atoms with Gasteiger partial charge in [0.1, 0.15) is 11.6 Å². The average molecular weight is 413 g/mol. The number of carbonyl (C=O) groups is 1. The minimum atomic E-state index is -0.641. The van der Waals surface area contributed by atoms with Crippen molar-refractivity contribution < 1.29 is 18.3 Å². The summed E-state index contributed by atoms with van der Waals surface area (Å²) >= 11 is 0. The number of rotatable bonds is 5. The van der Waals surface area contributed by atoms with Crippen LogP contribution >= 0.6 is 0 Å². The van der Waals surface area contributed by atoms with Crippen LogP contribution in [0.3, 0.4) is 0 Å². The lowest BCUT2D eigenvalue weighted by Crippen LogP contribution is -2.32. The molecule has 4 rings (SSSR count). The summed E-state index contributed by atoms with van der Waals surface area (Å²) in [7, 11) is 0. The molecule has 2 aromatic heterocycles. The lowest BCUT2D eigenvalue weighted by Gasteiger charge is -2.16. The summed E-state index contributed by atoms with van der Waals surface area (Å²) < 4.78 is 36.2. The molecule has 1 aliphatic rings. The van der Waals surface area contributed by atoms with Crippen LogP contribution in [0.5, 0.6) is 0 Å². The standard InChI is InChI=1S/C23H25F2N3O2/c1-13(2)22-16(23(29)26-12-15-6-5-11-30-15)9-10-19-20(14(3)27-28(19)22)21-17(24)7-4-8-18(21)25/h4,7-10,13,15H,5-6,11-12H2,1-3H3,(H,26,29)/t15-/m0/s1. The van der Waals surface area contributed by atoms with Crippen molar-refractivity contribution in [1.82, 2.24) is 14.9 Å². The number of ether oxygens (including phenoxy) is 1. The van der Waals surface area contributed by atoms with Crippen molar-refractivity contribution in [3.63, 3.8) is 0 Å². The van der Waals surface area contributed by atoms with Gasteiger partial charge in [0.15, 0.2) is 0 Å². The fraction of sp³-hybridized carbons (Fsp3) is 0.391. The molecule has 3 heterocycles. The monoisotopic (exact) mass is 413 g/mol. The molecule has 158 valence electrons. The summed E-state index contributed by atoms with van der Waals surface area (Å²) in [6.45, 7) is 6.83. The maximum absolute atomic E-state index is 14.5. The van der Waals surface area contributed by atoms with Crippen molar-refractivity contribution in [2.45, 2.75) is 45.6 Å². The number of aryl methyl sites for hydroxylation is 1.